The summed E-state index contributed by atoms with van der Waals surface area (Å²) in [6.45, 7) is -0.760. The zero-order valence-electron chi connectivity index (χ0n) is 12.8. The predicted molar refractivity (Wildman–Crippen MR) is 63.3 cm³/mol. The third kappa shape index (κ3) is 5.21. The predicted octanol–water partition coefficient (Wildman–Crippen LogP) is 3.07. The second-order valence-corrected chi connectivity index (χ2v) is 4.62. The number of carbonyl (C=O) groups excluding carboxylic acids is 2. The van der Waals surface area contributed by atoms with Gasteiger partial charge in [-0.05, 0) is 6.92 Å². The lowest BCUT2D eigenvalue weighted by Crippen LogP contribution is -2.58. The van der Waals surface area contributed by atoms with Crippen LogP contribution in [0.4, 0.5) is 30.7 Å². The summed E-state index contributed by atoms with van der Waals surface area (Å²) in [4.78, 5) is 22.4. The van der Waals surface area contributed by atoms with Gasteiger partial charge in [-0.1, -0.05) is 0 Å². The van der Waals surface area contributed by atoms with Gasteiger partial charge in [0.15, 0.2) is 0 Å². The van der Waals surface area contributed by atoms with E-state index in [-0.39, 0.29) is 6.92 Å². The van der Waals surface area contributed by atoms with E-state index in [0.29, 0.717) is 6.92 Å². The molecule has 0 aliphatic carbocycles. The van der Waals surface area contributed by atoms with Crippen molar-refractivity contribution in [3.8, 4) is 0 Å². The largest absolute Gasteiger partial charge is 0.468 e. The highest BCUT2D eigenvalue weighted by Crippen LogP contribution is 2.39. The summed E-state index contributed by atoms with van der Waals surface area (Å²) in [7, 11) is 0. The number of hydrogen-bond acceptors (Lipinski definition) is 5. The first kappa shape index (κ1) is 22.4. The van der Waals surface area contributed by atoms with E-state index in [1.807, 2.05) is 0 Å². The Morgan fingerprint density at radius 3 is 1.83 bits per heavy atom. The fourth-order valence-corrected chi connectivity index (χ4v) is 1.36. The van der Waals surface area contributed by atoms with E-state index in [4.69, 9.17) is 0 Å². The van der Waals surface area contributed by atoms with Gasteiger partial charge in [-0.3, -0.25) is 4.79 Å². The van der Waals surface area contributed by atoms with Crippen LogP contribution in [0.15, 0.2) is 0 Å². The Morgan fingerprint density at radius 2 is 1.50 bits per heavy atom. The average molecular weight is 372 g/mol. The molecular weight excluding hydrogens is 357 g/mol. The van der Waals surface area contributed by atoms with Crippen LogP contribution >= 0.6 is 0 Å². The van der Waals surface area contributed by atoms with Gasteiger partial charge in [-0.2, -0.15) is 22.0 Å². The minimum atomic E-state index is -5.70. The molecule has 1 atom stereocenters. The van der Waals surface area contributed by atoms with Crippen molar-refractivity contribution in [2.24, 2.45) is 0 Å². The third-order valence-corrected chi connectivity index (χ3v) is 2.57. The van der Waals surface area contributed by atoms with Crippen molar-refractivity contribution in [2.75, 3.05) is 13.2 Å². The molecule has 0 aromatic rings. The van der Waals surface area contributed by atoms with Gasteiger partial charge >= 0.3 is 35.7 Å². The molecule has 5 nitrogen and oxygen atoms in total. The number of hydrogen-bond donors (Lipinski definition) is 0. The SMILES string of the molecule is CCOC(=O)C(OCCC(F)(F)C(C)(F)F)(OC(C)=O)C(F)(F)F. The van der Waals surface area contributed by atoms with Crippen LogP contribution < -0.4 is 0 Å². The maximum Gasteiger partial charge on any atom is 0.468 e. The molecule has 0 amide bonds. The number of rotatable bonds is 8. The molecule has 0 aromatic carbocycles. The van der Waals surface area contributed by atoms with Crippen molar-refractivity contribution >= 4 is 11.9 Å². The molecule has 0 saturated carbocycles. The molecule has 0 fully saturated rings. The van der Waals surface area contributed by atoms with Gasteiger partial charge in [0.05, 0.1) is 13.2 Å². The maximum absolute atomic E-state index is 13.1. The summed E-state index contributed by atoms with van der Waals surface area (Å²) < 4.78 is 103. The molecule has 24 heavy (non-hydrogen) atoms. The highest BCUT2D eigenvalue weighted by molar-refractivity contribution is 5.82. The van der Waals surface area contributed by atoms with Gasteiger partial charge in [0.1, 0.15) is 0 Å². The van der Waals surface area contributed by atoms with E-state index in [0.717, 1.165) is 6.92 Å². The van der Waals surface area contributed by atoms with Crippen molar-refractivity contribution in [2.45, 2.75) is 51.0 Å². The van der Waals surface area contributed by atoms with E-state index in [1.165, 1.54) is 0 Å². The number of alkyl halides is 7. The molecule has 0 radical (unpaired) electrons. The molecular formula is C12H15F7O5. The molecule has 0 saturated heterocycles. The molecule has 0 spiro atoms. The molecule has 0 heterocycles. The first-order valence-corrected chi connectivity index (χ1v) is 6.44. The van der Waals surface area contributed by atoms with Crippen molar-refractivity contribution in [1.29, 1.82) is 0 Å². The molecule has 0 aromatic heterocycles. The summed E-state index contributed by atoms with van der Waals surface area (Å²) in [5.41, 5.74) is 0. The van der Waals surface area contributed by atoms with Gasteiger partial charge in [0.2, 0.25) is 0 Å². The van der Waals surface area contributed by atoms with Crippen molar-refractivity contribution in [3.05, 3.63) is 0 Å². The Bertz CT molecular complexity index is 458. The van der Waals surface area contributed by atoms with Gasteiger partial charge in [-0.15, -0.1) is 0 Å². The Kier molecular flexibility index (Phi) is 7.03. The van der Waals surface area contributed by atoms with Gasteiger partial charge in [0, 0.05) is 20.3 Å². The van der Waals surface area contributed by atoms with Crippen LogP contribution in [-0.4, -0.2) is 49.0 Å². The molecule has 142 valence electrons. The van der Waals surface area contributed by atoms with Crippen LogP contribution in [-0.2, 0) is 23.8 Å². The Labute approximate surface area is 132 Å². The second-order valence-electron chi connectivity index (χ2n) is 4.62. The first-order chi connectivity index (χ1) is 10.6. The molecule has 0 rings (SSSR count). The minimum absolute atomic E-state index is 0.137. The van der Waals surface area contributed by atoms with Crippen LogP contribution in [0.2, 0.25) is 0 Å². The van der Waals surface area contributed by atoms with Crippen LogP contribution in [0.1, 0.15) is 27.2 Å². The van der Waals surface area contributed by atoms with Crippen LogP contribution in [0.25, 0.3) is 0 Å². The zero-order valence-corrected chi connectivity index (χ0v) is 12.8. The fourth-order valence-electron chi connectivity index (χ4n) is 1.36. The summed E-state index contributed by atoms with van der Waals surface area (Å²) in [5, 5.41) is 0. The molecule has 12 heteroatoms. The summed E-state index contributed by atoms with van der Waals surface area (Å²) in [6.07, 6.45) is -7.57. The Morgan fingerprint density at radius 1 is 1.00 bits per heavy atom. The second kappa shape index (κ2) is 7.53. The van der Waals surface area contributed by atoms with E-state index < -0.39 is 55.4 Å². The normalized spacial score (nSPS) is 15.6. The van der Waals surface area contributed by atoms with E-state index in [1.54, 1.807) is 0 Å². The van der Waals surface area contributed by atoms with E-state index >= 15 is 0 Å². The minimum Gasteiger partial charge on any atom is -0.461 e. The van der Waals surface area contributed by atoms with Crippen molar-refractivity contribution in [3.63, 3.8) is 0 Å². The summed E-state index contributed by atoms with van der Waals surface area (Å²) in [5.74, 6) is -17.4. The van der Waals surface area contributed by atoms with E-state index in [9.17, 15) is 40.3 Å². The summed E-state index contributed by atoms with van der Waals surface area (Å²) >= 11 is 0. The highest BCUT2D eigenvalue weighted by Gasteiger charge is 2.68. The van der Waals surface area contributed by atoms with Crippen LogP contribution in [0.5, 0.6) is 0 Å². The lowest BCUT2D eigenvalue weighted by Gasteiger charge is -2.32. The number of ether oxygens (including phenoxy) is 3. The number of esters is 2. The standard InChI is InChI=1S/C12H15F7O5/c1-4-22-8(21)11(12(17,18)19,24-7(2)20)23-6-5-10(15,16)9(3,13)14/h4-6H2,1-3H3. The lowest BCUT2D eigenvalue weighted by molar-refractivity contribution is -0.358. The molecule has 0 N–H and O–H groups in total. The Balaban J connectivity index is 5.49. The maximum atomic E-state index is 13.1. The van der Waals surface area contributed by atoms with Crippen molar-refractivity contribution in [1.82, 2.24) is 0 Å². The molecule has 0 aliphatic rings. The lowest BCUT2D eigenvalue weighted by atomic mass is 10.1. The highest BCUT2D eigenvalue weighted by atomic mass is 19.4. The summed E-state index contributed by atoms with van der Waals surface area (Å²) in [6, 6.07) is 0. The molecule has 1 unspecified atom stereocenters. The molecule has 0 bridgehead atoms. The smallest absolute Gasteiger partial charge is 0.461 e. The van der Waals surface area contributed by atoms with Gasteiger partial charge < -0.3 is 14.2 Å². The number of halogens is 7. The third-order valence-electron chi connectivity index (χ3n) is 2.57. The van der Waals surface area contributed by atoms with Gasteiger partial charge in [-0.25, -0.2) is 13.6 Å². The van der Waals surface area contributed by atoms with Gasteiger partial charge in [0.25, 0.3) is 0 Å². The Hall–Kier alpha value is -1.59. The fraction of sp³-hybridized carbons (Fsp3) is 0.833. The van der Waals surface area contributed by atoms with Crippen LogP contribution in [0, 0.1) is 0 Å². The zero-order chi connectivity index (χ0) is 19.4. The first-order valence-electron chi connectivity index (χ1n) is 6.44. The van der Waals surface area contributed by atoms with Crippen molar-refractivity contribution < 1.29 is 54.5 Å². The molecule has 0 aliphatic heterocycles. The average Bonchev–Trinajstić information content (AvgIpc) is 2.34. The van der Waals surface area contributed by atoms with Crippen LogP contribution in [0.3, 0.4) is 0 Å². The topological polar surface area (TPSA) is 61.8 Å². The number of carbonyl (C=O) groups is 2. The quantitative estimate of drug-likeness (QED) is 0.372. The van der Waals surface area contributed by atoms with E-state index in [2.05, 4.69) is 14.2 Å². The monoisotopic (exact) mass is 372 g/mol.